The second-order valence-electron chi connectivity index (χ2n) is 7.87. The third-order valence-electron chi connectivity index (χ3n) is 6.02. The highest BCUT2D eigenvalue weighted by Crippen LogP contribution is 2.29. The van der Waals surface area contributed by atoms with Gasteiger partial charge in [0.15, 0.2) is 0 Å². The van der Waals surface area contributed by atoms with E-state index >= 15 is 0 Å². The van der Waals surface area contributed by atoms with E-state index in [0.29, 0.717) is 6.04 Å². The molecule has 2 aromatic rings. The van der Waals surface area contributed by atoms with E-state index in [1.54, 1.807) is 29.2 Å². The van der Waals surface area contributed by atoms with Gasteiger partial charge >= 0.3 is 0 Å². The average Bonchev–Trinajstić information content (AvgIpc) is 2.71. The molecule has 0 amide bonds. The van der Waals surface area contributed by atoms with E-state index < -0.39 is 0 Å². The minimum atomic E-state index is -0.210. The molecular formula is C21H28N4O2. The van der Waals surface area contributed by atoms with Crippen LogP contribution in [0.2, 0.25) is 0 Å². The second kappa shape index (κ2) is 8.31. The van der Waals surface area contributed by atoms with Crippen molar-refractivity contribution < 1.29 is 5.11 Å². The summed E-state index contributed by atoms with van der Waals surface area (Å²) in [5, 5.41) is 18.5. The molecule has 0 spiro atoms. The van der Waals surface area contributed by atoms with Crippen LogP contribution in [0.25, 0.3) is 11.3 Å². The van der Waals surface area contributed by atoms with E-state index in [4.69, 9.17) is 0 Å². The number of pyridine rings is 1. The van der Waals surface area contributed by atoms with Gasteiger partial charge in [0.2, 0.25) is 0 Å². The van der Waals surface area contributed by atoms with Gasteiger partial charge in [-0.15, -0.1) is 0 Å². The molecule has 2 aliphatic rings. The largest absolute Gasteiger partial charge is 0.392 e. The summed E-state index contributed by atoms with van der Waals surface area (Å²) in [6, 6.07) is 8.03. The Balaban J connectivity index is 1.41. The molecule has 0 saturated heterocycles. The smallest absolute Gasteiger partial charge is 0.267 e. The number of rotatable bonds is 4. The number of nitrogens with one attached hydrogen (secondary N) is 1. The van der Waals surface area contributed by atoms with Gasteiger partial charge in [0, 0.05) is 36.1 Å². The van der Waals surface area contributed by atoms with Gasteiger partial charge in [0.1, 0.15) is 0 Å². The molecule has 6 nitrogen and oxygen atoms in total. The summed E-state index contributed by atoms with van der Waals surface area (Å²) < 4.78 is 1.67. The molecule has 2 heterocycles. The van der Waals surface area contributed by atoms with Gasteiger partial charge < -0.3 is 10.4 Å². The Morgan fingerprint density at radius 2 is 1.70 bits per heavy atom. The van der Waals surface area contributed by atoms with E-state index in [1.165, 1.54) is 6.42 Å². The van der Waals surface area contributed by atoms with E-state index in [0.717, 1.165) is 56.2 Å². The Hall–Kier alpha value is -2.05. The third kappa shape index (κ3) is 4.28. The van der Waals surface area contributed by atoms with Crippen molar-refractivity contribution in [1.29, 1.82) is 0 Å². The molecule has 0 radical (unpaired) electrons. The predicted molar refractivity (Wildman–Crippen MR) is 104 cm³/mol. The lowest BCUT2D eigenvalue weighted by atomic mass is 9.87. The number of hydrogen-bond donors (Lipinski definition) is 2. The van der Waals surface area contributed by atoms with Gasteiger partial charge in [-0.05, 0) is 56.7 Å². The Kier molecular flexibility index (Phi) is 5.64. The lowest BCUT2D eigenvalue weighted by Gasteiger charge is -2.36. The van der Waals surface area contributed by atoms with Crippen molar-refractivity contribution in [1.82, 2.24) is 20.1 Å². The van der Waals surface area contributed by atoms with Crippen molar-refractivity contribution in [2.24, 2.45) is 0 Å². The highest BCUT2D eigenvalue weighted by molar-refractivity contribution is 5.57. The van der Waals surface area contributed by atoms with Crippen LogP contribution in [0.3, 0.4) is 0 Å². The molecule has 0 aliphatic heterocycles. The maximum absolute atomic E-state index is 12.4. The van der Waals surface area contributed by atoms with Crippen LogP contribution in [0.1, 0.15) is 57.4 Å². The standard InChI is InChI=1S/C21H28N4O2/c26-20-4-2-1-3-19(20)23-16-5-7-17(8-6-16)25-21(27)10-9-18(24-25)15-11-13-22-14-12-15/h9-14,16-17,19-20,23,26H,1-8H2. The summed E-state index contributed by atoms with van der Waals surface area (Å²) >= 11 is 0. The van der Waals surface area contributed by atoms with Crippen molar-refractivity contribution in [2.45, 2.75) is 75.6 Å². The van der Waals surface area contributed by atoms with Crippen LogP contribution >= 0.6 is 0 Å². The molecule has 2 unspecified atom stereocenters. The summed E-state index contributed by atoms with van der Waals surface area (Å²) in [7, 11) is 0. The van der Waals surface area contributed by atoms with E-state index in [1.807, 2.05) is 12.1 Å². The van der Waals surface area contributed by atoms with Crippen LogP contribution in [-0.4, -0.2) is 38.1 Å². The Morgan fingerprint density at radius 1 is 0.963 bits per heavy atom. The summed E-state index contributed by atoms with van der Waals surface area (Å²) in [5.41, 5.74) is 1.75. The molecule has 6 heteroatoms. The van der Waals surface area contributed by atoms with E-state index in [2.05, 4.69) is 15.4 Å². The third-order valence-corrected chi connectivity index (χ3v) is 6.02. The lowest BCUT2D eigenvalue weighted by Crippen LogP contribution is -2.48. The van der Waals surface area contributed by atoms with Crippen molar-refractivity contribution >= 4 is 0 Å². The van der Waals surface area contributed by atoms with Crippen molar-refractivity contribution in [3.63, 3.8) is 0 Å². The first-order chi connectivity index (χ1) is 13.2. The molecule has 2 atom stereocenters. The molecule has 2 saturated carbocycles. The average molecular weight is 368 g/mol. The molecule has 0 aromatic carbocycles. The quantitative estimate of drug-likeness (QED) is 0.867. The maximum atomic E-state index is 12.4. The molecule has 2 aliphatic carbocycles. The molecule has 27 heavy (non-hydrogen) atoms. The number of aliphatic hydroxyl groups excluding tert-OH is 1. The summed E-state index contributed by atoms with van der Waals surface area (Å²) in [4.78, 5) is 16.4. The minimum absolute atomic E-state index is 0.0353. The van der Waals surface area contributed by atoms with Gasteiger partial charge in [0.05, 0.1) is 17.8 Å². The Labute approximate surface area is 159 Å². The first-order valence-corrected chi connectivity index (χ1v) is 10.1. The highest BCUT2D eigenvalue weighted by atomic mass is 16.3. The Bertz CT molecular complexity index is 799. The SMILES string of the molecule is O=c1ccc(-c2ccncc2)nn1C1CCC(NC2CCCCC2O)CC1. The first kappa shape index (κ1) is 18.3. The first-order valence-electron chi connectivity index (χ1n) is 10.1. The molecule has 4 rings (SSSR count). The molecule has 144 valence electrons. The summed E-state index contributed by atoms with van der Waals surface area (Å²) in [6.45, 7) is 0. The maximum Gasteiger partial charge on any atom is 0.267 e. The minimum Gasteiger partial charge on any atom is -0.392 e. The fourth-order valence-corrected chi connectivity index (χ4v) is 4.46. The summed E-state index contributed by atoms with van der Waals surface area (Å²) in [5.74, 6) is 0. The van der Waals surface area contributed by atoms with Crippen molar-refractivity contribution in [2.75, 3.05) is 0 Å². The van der Waals surface area contributed by atoms with Crippen molar-refractivity contribution in [3.05, 3.63) is 47.0 Å². The fraction of sp³-hybridized carbons (Fsp3) is 0.571. The van der Waals surface area contributed by atoms with Gasteiger partial charge in [0.25, 0.3) is 5.56 Å². The number of hydrogen-bond acceptors (Lipinski definition) is 5. The van der Waals surface area contributed by atoms with Crippen LogP contribution in [0.5, 0.6) is 0 Å². The predicted octanol–water partition coefficient (Wildman–Crippen LogP) is 2.68. The molecule has 2 fully saturated rings. The lowest BCUT2D eigenvalue weighted by molar-refractivity contribution is 0.0795. The Morgan fingerprint density at radius 3 is 2.44 bits per heavy atom. The molecule has 0 bridgehead atoms. The van der Waals surface area contributed by atoms with Crippen molar-refractivity contribution in [3.8, 4) is 11.3 Å². The number of aliphatic hydroxyl groups is 1. The normalized spacial score (nSPS) is 28.8. The molecular weight excluding hydrogens is 340 g/mol. The topological polar surface area (TPSA) is 80.0 Å². The van der Waals surface area contributed by atoms with Gasteiger partial charge in [-0.1, -0.05) is 12.8 Å². The van der Waals surface area contributed by atoms with Crippen LogP contribution in [-0.2, 0) is 0 Å². The monoisotopic (exact) mass is 368 g/mol. The molecule has 2 aromatic heterocycles. The molecule has 2 N–H and O–H groups in total. The second-order valence-corrected chi connectivity index (χ2v) is 7.87. The zero-order valence-corrected chi connectivity index (χ0v) is 15.6. The number of aromatic nitrogens is 3. The van der Waals surface area contributed by atoms with Gasteiger partial charge in [-0.3, -0.25) is 9.78 Å². The zero-order chi connectivity index (χ0) is 18.6. The number of nitrogens with zero attached hydrogens (tertiary/aromatic N) is 3. The van der Waals surface area contributed by atoms with Crippen LogP contribution < -0.4 is 10.9 Å². The van der Waals surface area contributed by atoms with E-state index in [-0.39, 0.29) is 23.7 Å². The fourth-order valence-electron chi connectivity index (χ4n) is 4.46. The highest BCUT2D eigenvalue weighted by Gasteiger charge is 2.29. The zero-order valence-electron chi connectivity index (χ0n) is 15.6. The van der Waals surface area contributed by atoms with Crippen LogP contribution in [0, 0.1) is 0 Å². The van der Waals surface area contributed by atoms with Gasteiger partial charge in [-0.25, -0.2) is 4.68 Å². The van der Waals surface area contributed by atoms with Crippen LogP contribution in [0.4, 0.5) is 0 Å². The van der Waals surface area contributed by atoms with E-state index in [9.17, 15) is 9.90 Å². The van der Waals surface area contributed by atoms with Gasteiger partial charge in [-0.2, -0.15) is 5.10 Å². The van der Waals surface area contributed by atoms with Crippen LogP contribution in [0.15, 0.2) is 41.5 Å². The summed E-state index contributed by atoms with van der Waals surface area (Å²) in [6.07, 6.45) is 11.5.